The van der Waals surface area contributed by atoms with Crippen LogP contribution >= 0.6 is 0 Å². The number of aliphatic hydroxyl groups excluding tert-OH is 1. The Hall–Kier alpha value is -1.10. The molecule has 0 rings (SSSR count). The van der Waals surface area contributed by atoms with Crippen molar-refractivity contribution in [2.45, 2.75) is 45.4 Å². The maximum atomic E-state index is 11.7. The molecule has 0 saturated carbocycles. The van der Waals surface area contributed by atoms with Gasteiger partial charge in [0.2, 0.25) is 11.8 Å². The van der Waals surface area contributed by atoms with E-state index in [9.17, 15) is 9.59 Å². The molecule has 0 heterocycles. The number of aliphatic hydroxyl groups is 1. The van der Waals surface area contributed by atoms with Gasteiger partial charge < -0.3 is 15.7 Å². The maximum Gasteiger partial charge on any atom is 0.237 e. The highest BCUT2D eigenvalue weighted by atomic mass is 16.3. The van der Waals surface area contributed by atoms with E-state index in [1.165, 1.54) is 17.7 Å². The molecule has 2 amide bonds. The van der Waals surface area contributed by atoms with Gasteiger partial charge in [-0.25, -0.2) is 0 Å². The molecule has 0 fully saturated rings. The van der Waals surface area contributed by atoms with E-state index in [1.807, 2.05) is 0 Å². The molecule has 0 aliphatic carbocycles. The summed E-state index contributed by atoms with van der Waals surface area (Å²) >= 11 is 0. The second kappa shape index (κ2) is 10.1. The van der Waals surface area contributed by atoms with Crippen LogP contribution in [0.5, 0.6) is 0 Å². The molecule has 3 N–H and O–H groups in total. The van der Waals surface area contributed by atoms with Gasteiger partial charge in [-0.3, -0.25) is 9.59 Å². The molecular formula is C12H24N2O3. The van der Waals surface area contributed by atoms with Gasteiger partial charge in [-0.15, -0.1) is 0 Å². The number of hydrogen-bond acceptors (Lipinski definition) is 3. The molecule has 0 aliphatic heterocycles. The van der Waals surface area contributed by atoms with Crippen LogP contribution in [0.2, 0.25) is 0 Å². The Bertz CT molecular complexity index is 232. The molecule has 0 unspecified atom stereocenters. The molecule has 0 spiro atoms. The molecule has 0 radical (unpaired) electrons. The van der Waals surface area contributed by atoms with E-state index in [1.54, 1.807) is 0 Å². The predicted octanol–water partition coefficient (Wildman–Crippen LogP) is 0.653. The zero-order valence-corrected chi connectivity index (χ0v) is 10.7. The van der Waals surface area contributed by atoms with Crippen molar-refractivity contribution in [3.8, 4) is 0 Å². The van der Waals surface area contributed by atoms with Crippen molar-refractivity contribution >= 4 is 11.8 Å². The first kappa shape index (κ1) is 15.9. The standard InChI is InChI=1S/C12H24N2O3/c1-2-3-4-5-6-7-12(17)14(8-9-15)10-11(13)16/h15H,2-10H2,1H3,(H2,13,16). The largest absolute Gasteiger partial charge is 0.395 e. The highest BCUT2D eigenvalue weighted by Crippen LogP contribution is 2.06. The summed E-state index contributed by atoms with van der Waals surface area (Å²) in [5, 5.41) is 8.79. The smallest absolute Gasteiger partial charge is 0.237 e. The lowest BCUT2D eigenvalue weighted by atomic mass is 10.1. The SMILES string of the molecule is CCCCCCCC(=O)N(CCO)CC(N)=O. The van der Waals surface area contributed by atoms with Gasteiger partial charge in [0.15, 0.2) is 0 Å². The first-order valence-electron chi connectivity index (χ1n) is 6.28. The molecule has 0 bridgehead atoms. The van der Waals surface area contributed by atoms with E-state index < -0.39 is 5.91 Å². The van der Waals surface area contributed by atoms with E-state index in [-0.39, 0.29) is 25.6 Å². The Morgan fingerprint density at radius 1 is 1.18 bits per heavy atom. The van der Waals surface area contributed by atoms with Crippen molar-refractivity contribution in [3.05, 3.63) is 0 Å². The number of rotatable bonds is 10. The Labute approximate surface area is 103 Å². The Kier molecular flexibility index (Phi) is 9.43. The summed E-state index contributed by atoms with van der Waals surface area (Å²) in [6.07, 6.45) is 5.79. The minimum absolute atomic E-state index is 0.102. The van der Waals surface area contributed by atoms with Crippen LogP contribution in [0.15, 0.2) is 0 Å². The number of nitrogens with two attached hydrogens (primary N) is 1. The third kappa shape index (κ3) is 8.68. The van der Waals surface area contributed by atoms with Crippen LogP contribution in [0, 0.1) is 0 Å². The zero-order chi connectivity index (χ0) is 13.1. The van der Waals surface area contributed by atoms with Gasteiger partial charge >= 0.3 is 0 Å². The average molecular weight is 244 g/mol. The van der Waals surface area contributed by atoms with Crippen LogP contribution in [-0.2, 0) is 9.59 Å². The summed E-state index contributed by atoms with van der Waals surface area (Å²) in [4.78, 5) is 23.8. The van der Waals surface area contributed by atoms with Crippen molar-refractivity contribution < 1.29 is 14.7 Å². The van der Waals surface area contributed by atoms with Crippen LogP contribution in [0.3, 0.4) is 0 Å². The Balaban J connectivity index is 3.84. The second-order valence-corrected chi connectivity index (χ2v) is 4.17. The molecule has 0 atom stereocenters. The lowest BCUT2D eigenvalue weighted by molar-refractivity contribution is -0.135. The molecule has 0 aromatic carbocycles. The first-order valence-corrected chi connectivity index (χ1v) is 6.28. The van der Waals surface area contributed by atoms with Crippen LogP contribution in [0.4, 0.5) is 0 Å². The van der Waals surface area contributed by atoms with E-state index in [4.69, 9.17) is 10.8 Å². The van der Waals surface area contributed by atoms with Gasteiger partial charge in [0.05, 0.1) is 13.2 Å². The summed E-state index contributed by atoms with van der Waals surface area (Å²) in [5.74, 6) is -0.646. The molecule has 0 saturated heterocycles. The van der Waals surface area contributed by atoms with E-state index in [0.717, 1.165) is 19.3 Å². The monoisotopic (exact) mass is 244 g/mol. The van der Waals surface area contributed by atoms with E-state index in [0.29, 0.717) is 6.42 Å². The van der Waals surface area contributed by atoms with Gasteiger partial charge in [0.1, 0.15) is 0 Å². The van der Waals surface area contributed by atoms with E-state index >= 15 is 0 Å². The molecule has 0 aromatic heterocycles. The minimum Gasteiger partial charge on any atom is -0.395 e. The minimum atomic E-state index is -0.544. The fourth-order valence-corrected chi connectivity index (χ4v) is 1.64. The molecule has 17 heavy (non-hydrogen) atoms. The van der Waals surface area contributed by atoms with Crippen LogP contribution in [-0.4, -0.2) is 41.5 Å². The summed E-state index contributed by atoms with van der Waals surface area (Å²) in [6, 6.07) is 0. The number of nitrogens with zero attached hydrogens (tertiary/aromatic N) is 1. The zero-order valence-electron chi connectivity index (χ0n) is 10.7. The Morgan fingerprint density at radius 3 is 2.35 bits per heavy atom. The number of carbonyl (C=O) groups excluding carboxylic acids is 2. The summed E-state index contributed by atoms with van der Waals surface area (Å²) in [7, 11) is 0. The number of hydrogen-bond donors (Lipinski definition) is 2. The third-order valence-corrected chi connectivity index (χ3v) is 2.56. The molecule has 0 aromatic rings. The van der Waals surface area contributed by atoms with Gasteiger partial charge in [-0.05, 0) is 6.42 Å². The number of amides is 2. The van der Waals surface area contributed by atoms with Gasteiger partial charge in [0, 0.05) is 13.0 Å². The summed E-state index contributed by atoms with van der Waals surface area (Å²) < 4.78 is 0. The fraction of sp³-hybridized carbons (Fsp3) is 0.833. The van der Waals surface area contributed by atoms with Crippen molar-refractivity contribution in [1.82, 2.24) is 4.90 Å². The number of carbonyl (C=O) groups is 2. The van der Waals surface area contributed by atoms with Crippen molar-refractivity contribution in [2.75, 3.05) is 19.7 Å². The van der Waals surface area contributed by atoms with Gasteiger partial charge in [-0.2, -0.15) is 0 Å². The first-order chi connectivity index (χ1) is 8.11. The lowest BCUT2D eigenvalue weighted by Crippen LogP contribution is -2.40. The van der Waals surface area contributed by atoms with Crippen LogP contribution < -0.4 is 5.73 Å². The topological polar surface area (TPSA) is 83.6 Å². The summed E-state index contributed by atoms with van der Waals surface area (Å²) in [5.41, 5.74) is 5.04. The van der Waals surface area contributed by atoms with Crippen LogP contribution in [0.25, 0.3) is 0 Å². The van der Waals surface area contributed by atoms with Gasteiger partial charge in [-0.1, -0.05) is 32.6 Å². The second-order valence-electron chi connectivity index (χ2n) is 4.17. The normalized spacial score (nSPS) is 10.2. The van der Waals surface area contributed by atoms with Crippen LogP contribution in [0.1, 0.15) is 45.4 Å². The lowest BCUT2D eigenvalue weighted by Gasteiger charge is -2.19. The predicted molar refractivity (Wildman–Crippen MR) is 66.2 cm³/mol. The van der Waals surface area contributed by atoms with Gasteiger partial charge in [0.25, 0.3) is 0 Å². The number of primary amides is 1. The maximum absolute atomic E-state index is 11.7. The van der Waals surface area contributed by atoms with Crippen molar-refractivity contribution in [1.29, 1.82) is 0 Å². The molecule has 100 valence electrons. The number of unbranched alkanes of at least 4 members (excludes halogenated alkanes) is 4. The Morgan fingerprint density at radius 2 is 1.82 bits per heavy atom. The third-order valence-electron chi connectivity index (χ3n) is 2.56. The fourth-order valence-electron chi connectivity index (χ4n) is 1.64. The highest BCUT2D eigenvalue weighted by molar-refractivity contribution is 5.83. The quantitative estimate of drug-likeness (QED) is 0.553. The molecule has 5 heteroatoms. The summed E-state index contributed by atoms with van der Waals surface area (Å²) in [6.45, 7) is 2.07. The average Bonchev–Trinajstić information content (AvgIpc) is 2.27. The van der Waals surface area contributed by atoms with Crippen molar-refractivity contribution in [2.24, 2.45) is 5.73 Å². The molecule has 5 nitrogen and oxygen atoms in total. The molecule has 0 aliphatic rings. The molecular weight excluding hydrogens is 220 g/mol. The van der Waals surface area contributed by atoms with Crippen molar-refractivity contribution in [3.63, 3.8) is 0 Å². The highest BCUT2D eigenvalue weighted by Gasteiger charge is 2.14. The van der Waals surface area contributed by atoms with E-state index in [2.05, 4.69) is 6.92 Å².